The van der Waals surface area contributed by atoms with Crippen LogP contribution in [-0.4, -0.2) is 60.4 Å². The third-order valence-electron chi connectivity index (χ3n) is 5.85. The predicted molar refractivity (Wildman–Crippen MR) is 154 cm³/mol. The van der Waals surface area contributed by atoms with Crippen LogP contribution in [0, 0.1) is 0 Å². The molecule has 4 rings (SSSR count). The van der Waals surface area contributed by atoms with Crippen LogP contribution in [0.2, 0.25) is 0 Å². The minimum Gasteiger partial charge on any atom is -0.490 e. The summed E-state index contributed by atoms with van der Waals surface area (Å²) >= 11 is 0. The van der Waals surface area contributed by atoms with Crippen LogP contribution in [-0.2, 0) is 4.74 Å². The Labute approximate surface area is 236 Å². The van der Waals surface area contributed by atoms with E-state index in [-0.39, 0.29) is 38.0 Å². The van der Waals surface area contributed by atoms with E-state index in [4.69, 9.17) is 25.9 Å². The maximum atomic E-state index is 13.2. The summed E-state index contributed by atoms with van der Waals surface area (Å²) in [4.78, 5) is 34.3. The molecule has 2 aromatic heterocycles. The average Bonchev–Trinajstić information content (AvgIpc) is 3.01. The fourth-order valence-corrected chi connectivity index (χ4v) is 4.02. The van der Waals surface area contributed by atoms with Gasteiger partial charge in [0.2, 0.25) is 0 Å². The lowest BCUT2D eigenvalue weighted by Crippen LogP contribution is -2.15. The van der Waals surface area contributed by atoms with Crippen LogP contribution in [0.5, 0.6) is 11.5 Å². The van der Waals surface area contributed by atoms with Gasteiger partial charge in [-0.25, -0.2) is 0 Å². The first kappa shape index (κ1) is 28.6. The molecule has 0 atom stereocenters. The smallest absolute Gasteiger partial charge is 0.197 e. The van der Waals surface area contributed by atoms with Crippen LogP contribution in [0.4, 0.5) is 0 Å². The second-order valence-corrected chi connectivity index (χ2v) is 8.44. The molecule has 41 heavy (non-hydrogen) atoms. The van der Waals surface area contributed by atoms with Gasteiger partial charge in [0, 0.05) is 47.0 Å². The molecule has 2 heterocycles. The fraction of sp³-hybridized carbons (Fsp3) is 0.133. The molecule has 0 radical (unpaired) electrons. The summed E-state index contributed by atoms with van der Waals surface area (Å²) in [6.07, 6.45) is 8.98. The lowest BCUT2D eigenvalue weighted by atomic mass is 9.98. The molecule has 11 nitrogen and oxygen atoms in total. The molecule has 0 unspecified atom stereocenters. The number of aromatic nitrogens is 2. The second kappa shape index (κ2) is 14.7. The second-order valence-electron chi connectivity index (χ2n) is 8.44. The molecule has 0 saturated carbocycles. The number of pyridine rings is 2. The first-order chi connectivity index (χ1) is 20.1. The number of carbonyl (C=O) groups excluding carboxylic acids is 2. The average molecular weight is 553 g/mol. The highest BCUT2D eigenvalue weighted by atomic mass is 16.5. The molecule has 11 heteroatoms. The molecule has 2 aromatic carbocycles. The van der Waals surface area contributed by atoms with Gasteiger partial charge in [-0.2, -0.15) is 10.2 Å². The van der Waals surface area contributed by atoms with Gasteiger partial charge in [0.05, 0.1) is 36.8 Å². The minimum absolute atomic E-state index is 0.175. The number of carbonyl (C=O) groups is 2. The Bertz CT molecular complexity index is 1410. The van der Waals surface area contributed by atoms with E-state index in [2.05, 4.69) is 20.2 Å². The number of ketones is 2. The number of benzene rings is 2. The highest BCUT2D eigenvalue weighted by Gasteiger charge is 2.20. The highest BCUT2D eigenvalue weighted by Crippen LogP contribution is 2.26. The zero-order chi connectivity index (χ0) is 28.9. The van der Waals surface area contributed by atoms with Crippen molar-refractivity contribution in [3.05, 3.63) is 119 Å². The van der Waals surface area contributed by atoms with Gasteiger partial charge in [0.1, 0.15) is 24.7 Å². The van der Waals surface area contributed by atoms with Crippen LogP contribution >= 0.6 is 0 Å². The van der Waals surface area contributed by atoms with Gasteiger partial charge in [-0.1, -0.05) is 24.3 Å². The molecule has 0 spiro atoms. The summed E-state index contributed by atoms with van der Waals surface area (Å²) in [6, 6.07) is 16.9. The number of nitrogens with two attached hydrogens (primary N) is 2. The zero-order valence-electron chi connectivity index (χ0n) is 22.1. The van der Waals surface area contributed by atoms with Crippen molar-refractivity contribution in [2.75, 3.05) is 26.4 Å². The van der Waals surface area contributed by atoms with Gasteiger partial charge in [-0.3, -0.25) is 19.6 Å². The van der Waals surface area contributed by atoms with E-state index in [1.165, 1.54) is 12.4 Å². The van der Waals surface area contributed by atoms with E-state index < -0.39 is 0 Å². The number of nitrogens with zero attached hydrogens (tertiary/aromatic N) is 4. The van der Waals surface area contributed by atoms with Gasteiger partial charge >= 0.3 is 0 Å². The Kier molecular flexibility index (Phi) is 10.2. The number of rotatable bonds is 14. The number of hydrogen-bond donors (Lipinski definition) is 2. The van der Waals surface area contributed by atoms with Crippen molar-refractivity contribution in [3.63, 3.8) is 0 Å². The van der Waals surface area contributed by atoms with E-state index in [0.29, 0.717) is 44.9 Å². The molecule has 0 aliphatic heterocycles. The molecule has 4 aromatic rings. The molecule has 0 saturated heterocycles. The molecule has 0 fully saturated rings. The van der Waals surface area contributed by atoms with Crippen LogP contribution in [0.25, 0.3) is 0 Å². The molecule has 0 aliphatic rings. The summed E-state index contributed by atoms with van der Waals surface area (Å²) in [7, 11) is 0. The number of ether oxygens (including phenoxy) is 3. The number of hydrazone groups is 2. The van der Waals surface area contributed by atoms with Crippen molar-refractivity contribution in [2.24, 2.45) is 21.9 Å². The normalized spacial score (nSPS) is 11.1. The third-order valence-corrected chi connectivity index (χ3v) is 5.85. The van der Waals surface area contributed by atoms with Crippen molar-refractivity contribution in [1.29, 1.82) is 0 Å². The highest BCUT2D eigenvalue weighted by molar-refractivity contribution is 6.15. The van der Waals surface area contributed by atoms with Crippen molar-refractivity contribution in [1.82, 2.24) is 9.97 Å². The zero-order valence-corrected chi connectivity index (χ0v) is 22.1. The van der Waals surface area contributed by atoms with Gasteiger partial charge in [-0.15, -0.1) is 0 Å². The van der Waals surface area contributed by atoms with Crippen LogP contribution < -0.4 is 21.2 Å². The van der Waals surface area contributed by atoms with E-state index in [1.807, 2.05) is 0 Å². The van der Waals surface area contributed by atoms with Gasteiger partial charge in [0.15, 0.2) is 11.6 Å². The molecular formula is C30H28N6O5. The number of hydrogen-bond acceptors (Lipinski definition) is 11. The van der Waals surface area contributed by atoms with E-state index in [9.17, 15) is 9.59 Å². The summed E-state index contributed by atoms with van der Waals surface area (Å²) in [5.41, 5.74) is 2.65. The van der Waals surface area contributed by atoms with Crippen molar-refractivity contribution in [2.45, 2.75) is 0 Å². The molecule has 208 valence electrons. The first-order valence-electron chi connectivity index (χ1n) is 12.6. The van der Waals surface area contributed by atoms with Crippen molar-refractivity contribution >= 4 is 24.0 Å². The fourth-order valence-electron chi connectivity index (χ4n) is 4.02. The molecule has 0 aliphatic carbocycles. The standard InChI is InChI=1S/C30H28N6O5/c31-35-19-23-3-1-5-25(27(23)29(37)21-7-11-33-12-8-21)40-17-15-39-16-18-41-26-6-2-4-24(20-36-32)28(26)30(38)22-9-13-34-14-10-22/h1-14,19-20H,15-18,31-32H2. The molecule has 0 bridgehead atoms. The largest absolute Gasteiger partial charge is 0.490 e. The SMILES string of the molecule is NN=Cc1cccc(OCCOCCOc2cccc(C=NN)c2C(=O)c2ccncc2)c1C(=O)c1ccncc1. The van der Waals surface area contributed by atoms with E-state index in [0.717, 1.165) is 0 Å². The third kappa shape index (κ3) is 7.37. The lowest BCUT2D eigenvalue weighted by molar-refractivity contribution is 0.0754. The summed E-state index contributed by atoms with van der Waals surface area (Å²) in [6.45, 7) is 0.802. The summed E-state index contributed by atoms with van der Waals surface area (Å²) < 4.78 is 17.5. The maximum absolute atomic E-state index is 13.2. The summed E-state index contributed by atoms with van der Waals surface area (Å²) in [5.74, 6) is 11.0. The Morgan fingerprint density at radius 2 is 1.05 bits per heavy atom. The molecule has 0 amide bonds. The topological polar surface area (TPSA) is 164 Å². The minimum atomic E-state index is -0.244. The lowest BCUT2D eigenvalue weighted by Gasteiger charge is -2.14. The molecule has 4 N–H and O–H groups in total. The van der Waals surface area contributed by atoms with E-state index >= 15 is 0 Å². The van der Waals surface area contributed by atoms with Crippen LogP contribution in [0.15, 0.2) is 95.7 Å². The Morgan fingerprint density at radius 1 is 0.634 bits per heavy atom. The van der Waals surface area contributed by atoms with Gasteiger partial charge < -0.3 is 25.9 Å². The monoisotopic (exact) mass is 552 g/mol. The van der Waals surface area contributed by atoms with Crippen LogP contribution in [0.1, 0.15) is 43.0 Å². The van der Waals surface area contributed by atoms with Gasteiger partial charge in [-0.05, 0) is 36.4 Å². The Balaban J connectivity index is 1.35. The Morgan fingerprint density at radius 3 is 1.44 bits per heavy atom. The maximum Gasteiger partial charge on any atom is 0.197 e. The van der Waals surface area contributed by atoms with E-state index in [1.54, 1.807) is 85.5 Å². The molecular weight excluding hydrogens is 524 g/mol. The first-order valence-corrected chi connectivity index (χ1v) is 12.6. The van der Waals surface area contributed by atoms with Gasteiger partial charge in [0.25, 0.3) is 0 Å². The van der Waals surface area contributed by atoms with Crippen LogP contribution in [0.3, 0.4) is 0 Å². The Hall–Kier alpha value is -5.42. The quantitative estimate of drug-likeness (QED) is 0.0786. The van der Waals surface area contributed by atoms with Crippen molar-refractivity contribution in [3.8, 4) is 11.5 Å². The summed E-state index contributed by atoms with van der Waals surface area (Å²) in [5, 5.41) is 7.14. The predicted octanol–water partition coefficient (Wildman–Crippen LogP) is 3.00. The van der Waals surface area contributed by atoms with Crippen molar-refractivity contribution < 1.29 is 23.8 Å².